The van der Waals surface area contributed by atoms with Crippen LogP contribution in [0.4, 0.5) is 0 Å². The molecule has 20 heavy (non-hydrogen) atoms. The van der Waals surface area contributed by atoms with Crippen molar-refractivity contribution in [2.75, 3.05) is 19.8 Å². The molecule has 1 atom stereocenters. The van der Waals surface area contributed by atoms with E-state index >= 15 is 0 Å². The fourth-order valence-corrected chi connectivity index (χ4v) is 2.66. The standard InChI is InChI=1S/C14H17NO4S/c1-2-18-9-13(16)15-10-14(17,11-5-6-19-8-11)12-4-3-7-20-12/h3-8,17H,2,9-10H2,1H3,(H,15,16). The number of hydrogen-bond acceptors (Lipinski definition) is 5. The van der Waals surface area contributed by atoms with Crippen LogP contribution in [0.2, 0.25) is 0 Å². The molecule has 0 aromatic carbocycles. The van der Waals surface area contributed by atoms with Gasteiger partial charge >= 0.3 is 0 Å². The number of furan rings is 1. The minimum absolute atomic E-state index is 0.0115. The van der Waals surface area contributed by atoms with Crippen molar-refractivity contribution >= 4 is 17.2 Å². The van der Waals surface area contributed by atoms with E-state index in [2.05, 4.69) is 5.32 Å². The summed E-state index contributed by atoms with van der Waals surface area (Å²) in [5, 5.41) is 15.5. The number of carbonyl (C=O) groups excluding carboxylic acids is 1. The van der Waals surface area contributed by atoms with Crippen LogP contribution in [0.1, 0.15) is 17.4 Å². The first kappa shape index (κ1) is 14.8. The second-order valence-electron chi connectivity index (χ2n) is 4.26. The number of thiophene rings is 1. The normalized spacial score (nSPS) is 13.9. The van der Waals surface area contributed by atoms with Crippen molar-refractivity contribution in [3.8, 4) is 0 Å². The van der Waals surface area contributed by atoms with Crippen LogP contribution in [0.15, 0.2) is 40.5 Å². The Morgan fingerprint density at radius 3 is 3.00 bits per heavy atom. The van der Waals surface area contributed by atoms with Gasteiger partial charge in [-0.15, -0.1) is 11.3 Å². The first-order chi connectivity index (χ1) is 9.66. The molecule has 2 aromatic rings. The van der Waals surface area contributed by atoms with Gasteiger partial charge in [-0.05, 0) is 24.4 Å². The van der Waals surface area contributed by atoms with Gasteiger partial charge in [0.25, 0.3) is 0 Å². The van der Waals surface area contributed by atoms with Crippen molar-refractivity contribution in [1.82, 2.24) is 5.32 Å². The van der Waals surface area contributed by atoms with Gasteiger partial charge < -0.3 is 19.6 Å². The molecule has 0 aliphatic carbocycles. The molecule has 5 nitrogen and oxygen atoms in total. The van der Waals surface area contributed by atoms with E-state index in [9.17, 15) is 9.90 Å². The van der Waals surface area contributed by atoms with E-state index in [4.69, 9.17) is 9.15 Å². The van der Waals surface area contributed by atoms with Crippen molar-refractivity contribution in [1.29, 1.82) is 0 Å². The Morgan fingerprint density at radius 1 is 1.55 bits per heavy atom. The third kappa shape index (κ3) is 3.27. The highest BCUT2D eigenvalue weighted by Crippen LogP contribution is 2.32. The number of aliphatic hydroxyl groups is 1. The molecule has 0 saturated heterocycles. The molecule has 2 heterocycles. The molecular weight excluding hydrogens is 278 g/mol. The first-order valence-electron chi connectivity index (χ1n) is 6.30. The average Bonchev–Trinajstić information content (AvgIpc) is 3.14. The molecule has 0 aliphatic heterocycles. The number of nitrogens with one attached hydrogen (secondary N) is 1. The summed E-state index contributed by atoms with van der Waals surface area (Å²) in [6.07, 6.45) is 2.98. The molecule has 1 unspecified atom stereocenters. The van der Waals surface area contributed by atoms with Crippen LogP contribution in [0.25, 0.3) is 0 Å². The third-order valence-electron chi connectivity index (χ3n) is 2.91. The van der Waals surface area contributed by atoms with Gasteiger partial charge in [0.15, 0.2) is 0 Å². The van der Waals surface area contributed by atoms with E-state index in [0.29, 0.717) is 12.2 Å². The van der Waals surface area contributed by atoms with E-state index in [1.165, 1.54) is 23.9 Å². The molecule has 0 saturated carbocycles. The van der Waals surface area contributed by atoms with E-state index in [1.54, 1.807) is 6.07 Å². The van der Waals surface area contributed by atoms with E-state index < -0.39 is 5.60 Å². The average molecular weight is 295 g/mol. The minimum atomic E-state index is -1.29. The molecule has 0 bridgehead atoms. The summed E-state index contributed by atoms with van der Waals surface area (Å²) in [6.45, 7) is 2.35. The quantitative estimate of drug-likeness (QED) is 0.816. The zero-order chi connectivity index (χ0) is 14.4. The fraction of sp³-hybridized carbons (Fsp3) is 0.357. The van der Waals surface area contributed by atoms with Gasteiger partial charge in [0.1, 0.15) is 12.2 Å². The molecule has 0 aliphatic rings. The van der Waals surface area contributed by atoms with Gasteiger partial charge in [0.2, 0.25) is 5.91 Å². The van der Waals surface area contributed by atoms with Crippen LogP contribution in [0, 0.1) is 0 Å². The summed E-state index contributed by atoms with van der Waals surface area (Å²) < 4.78 is 10.1. The Morgan fingerprint density at radius 2 is 2.40 bits per heavy atom. The van der Waals surface area contributed by atoms with Gasteiger partial charge in [-0.3, -0.25) is 4.79 Å². The molecular formula is C14H17NO4S. The zero-order valence-electron chi connectivity index (χ0n) is 11.2. The maximum atomic E-state index is 11.6. The Kier molecular flexibility index (Phi) is 4.94. The van der Waals surface area contributed by atoms with Crippen LogP contribution >= 0.6 is 11.3 Å². The van der Waals surface area contributed by atoms with E-state index in [1.807, 2.05) is 24.4 Å². The number of hydrogen-bond donors (Lipinski definition) is 2. The summed E-state index contributed by atoms with van der Waals surface area (Å²) in [6, 6.07) is 5.37. The fourth-order valence-electron chi connectivity index (χ4n) is 1.82. The van der Waals surface area contributed by atoms with Gasteiger partial charge in [-0.25, -0.2) is 0 Å². The lowest BCUT2D eigenvalue weighted by molar-refractivity contribution is -0.126. The molecule has 108 valence electrons. The second kappa shape index (κ2) is 6.69. The molecule has 0 fully saturated rings. The maximum Gasteiger partial charge on any atom is 0.246 e. The minimum Gasteiger partial charge on any atom is -0.472 e. The number of carbonyl (C=O) groups is 1. The molecule has 2 aromatic heterocycles. The number of amides is 1. The lowest BCUT2D eigenvalue weighted by atomic mass is 9.94. The molecule has 0 radical (unpaired) electrons. The Bertz CT molecular complexity index is 487. The van der Waals surface area contributed by atoms with Crippen LogP contribution in [0.5, 0.6) is 0 Å². The summed E-state index contributed by atoms with van der Waals surface area (Å²) in [7, 11) is 0. The number of ether oxygens (including phenoxy) is 1. The van der Waals surface area contributed by atoms with Crippen LogP contribution in [-0.4, -0.2) is 30.8 Å². The third-order valence-corrected chi connectivity index (χ3v) is 3.93. The van der Waals surface area contributed by atoms with Gasteiger partial charge in [-0.2, -0.15) is 0 Å². The molecule has 1 amide bonds. The van der Waals surface area contributed by atoms with Crippen LogP contribution < -0.4 is 5.32 Å². The number of rotatable bonds is 7. The Hall–Kier alpha value is -1.63. The molecule has 6 heteroatoms. The Labute approximate surface area is 121 Å². The highest BCUT2D eigenvalue weighted by atomic mass is 32.1. The topological polar surface area (TPSA) is 71.7 Å². The summed E-state index contributed by atoms with van der Waals surface area (Å²) >= 11 is 1.42. The lowest BCUT2D eigenvalue weighted by Gasteiger charge is -2.26. The van der Waals surface area contributed by atoms with Gasteiger partial charge in [-0.1, -0.05) is 6.07 Å². The first-order valence-corrected chi connectivity index (χ1v) is 7.18. The van der Waals surface area contributed by atoms with Gasteiger partial charge in [0.05, 0.1) is 19.1 Å². The monoisotopic (exact) mass is 295 g/mol. The van der Waals surface area contributed by atoms with Crippen LogP contribution in [0.3, 0.4) is 0 Å². The highest BCUT2D eigenvalue weighted by Gasteiger charge is 2.34. The molecule has 2 N–H and O–H groups in total. The lowest BCUT2D eigenvalue weighted by Crippen LogP contribution is -2.42. The van der Waals surface area contributed by atoms with Crippen LogP contribution in [-0.2, 0) is 15.1 Å². The maximum absolute atomic E-state index is 11.6. The van der Waals surface area contributed by atoms with Crippen molar-refractivity contribution in [3.63, 3.8) is 0 Å². The second-order valence-corrected chi connectivity index (χ2v) is 5.21. The Balaban J connectivity index is 2.11. The predicted molar refractivity (Wildman–Crippen MR) is 75.5 cm³/mol. The summed E-state index contributed by atoms with van der Waals surface area (Å²) in [4.78, 5) is 12.4. The largest absolute Gasteiger partial charge is 0.472 e. The summed E-state index contributed by atoms with van der Waals surface area (Å²) in [5.41, 5.74) is -0.681. The SMILES string of the molecule is CCOCC(=O)NCC(O)(c1ccoc1)c1cccs1. The van der Waals surface area contributed by atoms with E-state index in [-0.39, 0.29) is 19.1 Å². The predicted octanol–water partition coefficient (Wildman–Crippen LogP) is 1.73. The molecule has 0 spiro atoms. The smallest absolute Gasteiger partial charge is 0.246 e. The van der Waals surface area contributed by atoms with Crippen molar-refractivity contribution in [2.24, 2.45) is 0 Å². The zero-order valence-corrected chi connectivity index (χ0v) is 12.0. The highest BCUT2D eigenvalue weighted by molar-refractivity contribution is 7.10. The van der Waals surface area contributed by atoms with Crippen molar-refractivity contribution in [3.05, 3.63) is 46.5 Å². The molecule has 2 rings (SSSR count). The van der Waals surface area contributed by atoms with Crippen molar-refractivity contribution < 1.29 is 19.1 Å². The van der Waals surface area contributed by atoms with E-state index in [0.717, 1.165) is 4.88 Å². The van der Waals surface area contributed by atoms with Gasteiger partial charge in [0, 0.05) is 17.0 Å². The van der Waals surface area contributed by atoms with Crippen molar-refractivity contribution in [2.45, 2.75) is 12.5 Å². The summed E-state index contributed by atoms with van der Waals surface area (Å²) in [5.74, 6) is -0.259.